The highest BCUT2D eigenvalue weighted by atomic mass is 32.3. The van der Waals surface area contributed by atoms with Crippen LogP contribution in [-0.2, 0) is 14.6 Å². The average molecular weight is 382 g/mol. The van der Waals surface area contributed by atoms with E-state index < -0.39 is 10.4 Å². The van der Waals surface area contributed by atoms with E-state index in [1.807, 2.05) is 0 Å². The Morgan fingerprint density at radius 1 is 0.720 bits per heavy atom. The van der Waals surface area contributed by atoms with Gasteiger partial charge in [0.2, 0.25) is 0 Å². The quantitative estimate of drug-likeness (QED) is 0.284. The number of rotatable bonds is 16. The molecular weight excluding hydrogens is 338 g/mol. The van der Waals surface area contributed by atoms with E-state index in [9.17, 15) is 8.42 Å². The second kappa shape index (κ2) is 20.1. The van der Waals surface area contributed by atoms with Crippen molar-refractivity contribution in [2.75, 3.05) is 27.7 Å². The van der Waals surface area contributed by atoms with Crippen LogP contribution in [0.25, 0.3) is 0 Å². The van der Waals surface area contributed by atoms with Crippen LogP contribution in [-0.4, -0.2) is 45.6 Å². The van der Waals surface area contributed by atoms with Gasteiger partial charge in [-0.2, -0.15) is 8.42 Å². The fourth-order valence-electron chi connectivity index (χ4n) is 2.62. The van der Waals surface area contributed by atoms with Crippen molar-refractivity contribution in [2.45, 2.75) is 96.8 Å². The van der Waals surface area contributed by atoms with Gasteiger partial charge in [-0.15, -0.1) is 0 Å². The van der Waals surface area contributed by atoms with Gasteiger partial charge in [0.05, 0.1) is 7.11 Å². The van der Waals surface area contributed by atoms with E-state index in [1.165, 1.54) is 96.4 Å². The van der Waals surface area contributed by atoms with Crippen molar-refractivity contribution < 1.29 is 17.2 Å². The molecule has 0 amide bonds. The first-order valence-electron chi connectivity index (χ1n) is 10.0. The van der Waals surface area contributed by atoms with Crippen LogP contribution in [0, 0.1) is 0 Å². The van der Waals surface area contributed by atoms with Crippen LogP contribution in [0.15, 0.2) is 0 Å². The highest BCUT2D eigenvalue weighted by Crippen LogP contribution is 2.12. The normalized spacial score (nSPS) is 11.4. The molecule has 0 spiro atoms. The second-order valence-electron chi connectivity index (χ2n) is 6.99. The van der Waals surface area contributed by atoms with Crippen molar-refractivity contribution >= 4 is 10.4 Å². The molecule has 0 fully saturated rings. The van der Waals surface area contributed by atoms with Gasteiger partial charge >= 0.3 is 10.4 Å². The predicted molar refractivity (Wildman–Crippen MR) is 107 cm³/mol. The number of hydrogen-bond acceptors (Lipinski definition) is 4. The third-order valence-corrected chi connectivity index (χ3v) is 4.59. The molecule has 0 unspecified atom stereocenters. The maximum absolute atomic E-state index is 9.33. The van der Waals surface area contributed by atoms with Gasteiger partial charge in [0, 0.05) is 0 Å². The van der Waals surface area contributed by atoms with Crippen LogP contribution in [0.4, 0.5) is 0 Å². The Labute approximate surface area is 157 Å². The molecule has 0 aromatic heterocycles. The highest BCUT2D eigenvalue weighted by Gasteiger charge is 1.95. The van der Waals surface area contributed by atoms with Crippen LogP contribution in [0.3, 0.4) is 0 Å². The second-order valence-corrected chi connectivity index (χ2v) is 8.18. The summed E-state index contributed by atoms with van der Waals surface area (Å²) in [5.74, 6) is 0. The van der Waals surface area contributed by atoms with Crippen LogP contribution in [0.2, 0.25) is 0 Å². The average Bonchev–Trinajstić information content (AvgIpc) is 2.55. The zero-order valence-electron chi connectivity index (χ0n) is 17.1. The van der Waals surface area contributed by atoms with Gasteiger partial charge in [0.1, 0.15) is 0 Å². The van der Waals surface area contributed by atoms with Crippen molar-refractivity contribution in [3.63, 3.8) is 0 Å². The zero-order valence-corrected chi connectivity index (χ0v) is 18.0. The van der Waals surface area contributed by atoms with Crippen LogP contribution >= 0.6 is 0 Å². The number of hydrogen-bond donors (Lipinski definition) is 1. The Balaban J connectivity index is 0. The minimum Gasteiger partial charge on any atom is -0.309 e. The zero-order chi connectivity index (χ0) is 19.4. The van der Waals surface area contributed by atoms with Gasteiger partial charge < -0.3 is 4.90 Å². The molecule has 5 nitrogen and oxygen atoms in total. The van der Waals surface area contributed by atoms with E-state index in [0.717, 1.165) is 7.11 Å². The Hall–Kier alpha value is -0.170. The third kappa shape index (κ3) is 32.0. The summed E-state index contributed by atoms with van der Waals surface area (Å²) in [5, 5.41) is 0. The molecule has 0 saturated heterocycles. The van der Waals surface area contributed by atoms with E-state index in [0.29, 0.717) is 0 Å². The SMILES string of the molecule is CCCCCCCCCCCCCCCCN(C)C.COS(=O)(=O)O. The standard InChI is InChI=1S/C18H39N.CH4O4S/c1-4-5-6-7-8-9-10-11-12-13-14-15-16-17-18-19(2)3;1-5-6(2,3)4/h4-18H2,1-3H3;1H3,(H,2,3,4). The first-order valence-corrected chi connectivity index (χ1v) is 11.4. The van der Waals surface area contributed by atoms with E-state index >= 15 is 0 Å². The summed E-state index contributed by atoms with van der Waals surface area (Å²) < 4.78 is 29.7. The summed E-state index contributed by atoms with van der Waals surface area (Å²) in [5.41, 5.74) is 0. The van der Waals surface area contributed by atoms with Crippen molar-refractivity contribution in [1.82, 2.24) is 4.90 Å². The van der Waals surface area contributed by atoms with Crippen LogP contribution < -0.4 is 0 Å². The molecule has 6 heteroatoms. The largest absolute Gasteiger partial charge is 0.397 e. The monoisotopic (exact) mass is 381 g/mol. The van der Waals surface area contributed by atoms with Gasteiger partial charge in [-0.1, -0.05) is 90.4 Å². The van der Waals surface area contributed by atoms with Crippen LogP contribution in [0.1, 0.15) is 96.8 Å². The third-order valence-electron chi connectivity index (χ3n) is 4.17. The Bertz CT molecular complexity index is 345. The van der Waals surface area contributed by atoms with Gasteiger partial charge in [0.15, 0.2) is 0 Å². The van der Waals surface area contributed by atoms with Gasteiger partial charge in [-0.05, 0) is 27.1 Å². The summed E-state index contributed by atoms with van der Waals surface area (Å²) in [6.07, 6.45) is 20.3. The minimum atomic E-state index is -4.16. The topological polar surface area (TPSA) is 66.8 Å². The lowest BCUT2D eigenvalue weighted by molar-refractivity contribution is 0.324. The summed E-state index contributed by atoms with van der Waals surface area (Å²) in [7, 11) is 1.05. The molecule has 0 radical (unpaired) electrons. The van der Waals surface area contributed by atoms with Gasteiger partial charge in [-0.25, -0.2) is 0 Å². The van der Waals surface area contributed by atoms with E-state index in [-0.39, 0.29) is 0 Å². The first kappa shape index (κ1) is 27.1. The number of unbranched alkanes of at least 4 members (excludes halogenated alkanes) is 13. The van der Waals surface area contributed by atoms with Gasteiger partial charge in [-0.3, -0.25) is 8.74 Å². The van der Waals surface area contributed by atoms with E-state index in [4.69, 9.17) is 4.55 Å². The molecule has 0 rings (SSSR count). The predicted octanol–water partition coefficient (Wildman–Crippen LogP) is 5.46. The van der Waals surface area contributed by atoms with Gasteiger partial charge in [0.25, 0.3) is 0 Å². The van der Waals surface area contributed by atoms with E-state index in [2.05, 4.69) is 30.1 Å². The fourth-order valence-corrected chi connectivity index (χ4v) is 2.62. The van der Waals surface area contributed by atoms with Crippen molar-refractivity contribution in [1.29, 1.82) is 0 Å². The maximum Gasteiger partial charge on any atom is 0.397 e. The van der Waals surface area contributed by atoms with Crippen molar-refractivity contribution in [3.8, 4) is 0 Å². The Morgan fingerprint density at radius 3 is 1.24 bits per heavy atom. The minimum absolute atomic E-state index is 0.870. The summed E-state index contributed by atoms with van der Waals surface area (Å²) in [4.78, 5) is 2.29. The molecule has 0 saturated carbocycles. The van der Waals surface area contributed by atoms with Crippen molar-refractivity contribution in [2.24, 2.45) is 0 Å². The molecule has 0 aromatic rings. The summed E-state index contributed by atoms with van der Waals surface area (Å²) >= 11 is 0. The maximum atomic E-state index is 9.33. The molecular formula is C19H43NO4S. The van der Waals surface area contributed by atoms with Crippen molar-refractivity contribution in [3.05, 3.63) is 0 Å². The molecule has 1 N–H and O–H groups in total. The molecule has 0 heterocycles. The van der Waals surface area contributed by atoms with E-state index in [1.54, 1.807) is 0 Å². The molecule has 0 aromatic carbocycles. The fraction of sp³-hybridized carbons (Fsp3) is 1.00. The smallest absolute Gasteiger partial charge is 0.309 e. The Kier molecular flexibility index (Phi) is 21.8. The lowest BCUT2D eigenvalue weighted by Crippen LogP contribution is -2.12. The first-order chi connectivity index (χ1) is 11.8. The van der Waals surface area contributed by atoms with Crippen LogP contribution in [0.5, 0.6) is 0 Å². The molecule has 0 aliphatic carbocycles. The molecule has 0 bridgehead atoms. The molecule has 25 heavy (non-hydrogen) atoms. The highest BCUT2D eigenvalue weighted by molar-refractivity contribution is 7.80. The summed E-state index contributed by atoms with van der Waals surface area (Å²) in [6.45, 7) is 3.55. The molecule has 0 aliphatic heterocycles. The summed E-state index contributed by atoms with van der Waals surface area (Å²) in [6, 6.07) is 0. The lowest BCUT2D eigenvalue weighted by atomic mass is 10.0. The number of nitrogens with zero attached hydrogens (tertiary/aromatic N) is 1. The molecule has 154 valence electrons. The molecule has 0 aliphatic rings. The lowest BCUT2D eigenvalue weighted by Gasteiger charge is -2.08. The molecule has 0 atom stereocenters. The Morgan fingerprint density at radius 2 is 1.00 bits per heavy atom.